The van der Waals surface area contributed by atoms with Crippen LogP contribution < -0.4 is 4.90 Å². The molecule has 0 heterocycles. The van der Waals surface area contributed by atoms with Crippen LogP contribution in [0.2, 0.25) is 0 Å². The molecule has 0 aliphatic heterocycles. The Morgan fingerprint density at radius 3 is 2.24 bits per heavy atom. The second-order valence-electron chi connectivity index (χ2n) is 5.21. The van der Waals surface area contributed by atoms with Crippen LogP contribution in [0.5, 0.6) is 0 Å². The van der Waals surface area contributed by atoms with E-state index in [1.807, 2.05) is 63.2 Å². The Morgan fingerprint density at radius 1 is 1.05 bits per heavy atom. The number of hydrogen-bond donors (Lipinski definition) is 0. The molecule has 3 nitrogen and oxygen atoms in total. The minimum absolute atomic E-state index is 0.309. The first-order chi connectivity index (χ1) is 10.0. The van der Waals surface area contributed by atoms with E-state index in [0.29, 0.717) is 11.4 Å². The molecule has 0 saturated carbocycles. The smallest absolute Gasteiger partial charge is 0.151 e. The van der Waals surface area contributed by atoms with Crippen LogP contribution in [0, 0.1) is 12.7 Å². The molecule has 2 aromatic carbocycles. The van der Waals surface area contributed by atoms with E-state index in [1.165, 1.54) is 6.07 Å². The number of aryl methyl sites for hydroxylation is 2. The Bertz CT molecular complexity index is 623. The Kier molecular flexibility index (Phi) is 4.68. The van der Waals surface area contributed by atoms with Crippen LogP contribution in [0.4, 0.5) is 21.5 Å². The van der Waals surface area contributed by atoms with Gasteiger partial charge in [0.15, 0.2) is 5.82 Å². The standard InChI is InChI=1S/C17H20FN3/c1-5-13-10-12(2)17(16(18)11-13)20-19-14-6-8-15(9-7-14)21(3)4/h6-11H,5H2,1-4H3. The second kappa shape index (κ2) is 6.48. The van der Waals surface area contributed by atoms with Gasteiger partial charge in [-0.15, -0.1) is 5.11 Å². The van der Waals surface area contributed by atoms with Crippen LogP contribution in [0.25, 0.3) is 0 Å². The Labute approximate surface area is 125 Å². The molecule has 0 N–H and O–H groups in total. The summed E-state index contributed by atoms with van der Waals surface area (Å²) < 4.78 is 14.0. The van der Waals surface area contributed by atoms with Crippen molar-refractivity contribution in [2.75, 3.05) is 19.0 Å². The molecular weight excluding hydrogens is 265 g/mol. The summed E-state index contributed by atoms with van der Waals surface area (Å²) in [7, 11) is 3.95. The Morgan fingerprint density at radius 2 is 1.71 bits per heavy atom. The van der Waals surface area contributed by atoms with Crippen LogP contribution in [0.1, 0.15) is 18.1 Å². The Hall–Kier alpha value is -2.23. The molecule has 2 aromatic rings. The zero-order valence-corrected chi connectivity index (χ0v) is 12.9. The lowest BCUT2D eigenvalue weighted by Crippen LogP contribution is -2.07. The molecule has 21 heavy (non-hydrogen) atoms. The number of benzene rings is 2. The summed E-state index contributed by atoms with van der Waals surface area (Å²) in [5.74, 6) is -0.319. The van der Waals surface area contributed by atoms with Crippen molar-refractivity contribution in [2.45, 2.75) is 20.3 Å². The van der Waals surface area contributed by atoms with Crippen molar-refractivity contribution in [3.8, 4) is 0 Å². The van der Waals surface area contributed by atoms with E-state index in [0.717, 1.165) is 23.2 Å². The fourth-order valence-corrected chi connectivity index (χ4v) is 2.06. The summed E-state index contributed by atoms with van der Waals surface area (Å²) in [4.78, 5) is 2.01. The van der Waals surface area contributed by atoms with Gasteiger partial charge in [-0.1, -0.05) is 13.0 Å². The van der Waals surface area contributed by atoms with E-state index in [2.05, 4.69) is 10.2 Å². The highest BCUT2D eigenvalue weighted by Gasteiger charge is 2.07. The maximum atomic E-state index is 14.0. The minimum Gasteiger partial charge on any atom is -0.378 e. The molecule has 0 spiro atoms. The van der Waals surface area contributed by atoms with Crippen LogP contribution in [0.15, 0.2) is 46.6 Å². The molecule has 0 aliphatic rings. The van der Waals surface area contributed by atoms with Gasteiger partial charge in [0.2, 0.25) is 0 Å². The van der Waals surface area contributed by atoms with Gasteiger partial charge in [0.25, 0.3) is 0 Å². The molecule has 0 atom stereocenters. The van der Waals surface area contributed by atoms with E-state index in [9.17, 15) is 4.39 Å². The fourth-order valence-electron chi connectivity index (χ4n) is 2.06. The monoisotopic (exact) mass is 285 g/mol. The summed E-state index contributed by atoms with van der Waals surface area (Å²) in [5, 5.41) is 8.18. The molecule has 0 aliphatic carbocycles. The van der Waals surface area contributed by atoms with Crippen molar-refractivity contribution in [2.24, 2.45) is 10.2 Å². The van der Waals surface area contributed by atoms with Gasteiger partial charge in [0.05, 0.1) is 5.69 Å². The molecular formula is C17H20FN3. The van der Waals surface area contributed by atoms with Crippen molar-refractivity contribution in [1.29, 1.82) is 0 Å². The predicted octanol–water partition coefficient (Wildman–Crippen LogP) is 5.18. The average molecular weight is 285 g/mol. The van der Waals surface area contributed by atoms with Crippen LogP contribution in [0.3, 0.4) is 0 Å². The van der Waals surface area contributed by atoms with Gasteiger partial charge in [-0.25, -0.2) is 4.39 Å². The predicted molar refractivity (Wildman–Crippen MR) is 85.5 cm³/mol. The normalized spacial score (nSPS) is 11.1. The summed E-state index contributed by atoms with van der Waals surface area (Å²) in [6.45, 7) is 3.85. The molecule has 110 valence electrons. The second-order valence-corrected chi connectivity index (χ2v) is 5.21. The largest absolute Gasteiger partial charge is 0.378 e. The van der Waals surface area contributed by atoms with Crippen LogP contribution in [-0.4, -0.2) is 14.1 Å². The first-order valence-corrected chi connectivity index (χ1v) is 6.99. The lowest BCUT2D eigenvalue weighted by molar-refractivity contribution is 0.625. The number of azo groups is 1. The Balaban J connectivity index is 2.25. The molecule has 0 saturated heterocycles. The maximum Gasteiger partial charge on any atom is 0.151 e. The van der Waals surface area contributed by atoms with E-state index < -0.39 is 0 Å². The van der Waals surface area contributed by atoms with E-state index in [1.54, 1.807) is 0 Å². The average Bonchev–Trinajstić information content (AvgIpc) is 2.46. The number of anilines is 1. The third-order valence-corrected chi connectivity index (χ3v) is 3.35. The lowest BCUT2D eigenvalue weighted by Gasteiger charge is -2.11. The topological polar surface area (TPSA) is 28.0 Å². The first-order valence-electron chi connectivity index (χ1n) is 6.99. The van der Waals surface area contributed by atoms with Crippen molar-refractivity contribution < 1.29 is 4.39 Å². The molecule has 0 amide bonds. The third-order valence-electron chi connectivity index (χ3n) is 3.35. The van der Waals surface area contributed by atoms with Gasteiger partial charge in [0.1, 0.15) is 5.69 Å². The highest BCUT2D eigenvalue weighted by atomic mass is 19.1. The quantitative estimate of drug-likeness (QED) is 0.711. The van der Waals surface area contributed by atoms with Crippen molar-refractivity contribution in [3.05, 3.63) is 53.3 Å². The van der Waals surface area contributed by atoms with E-state index >= 15 is 0 Å². The zero-order chi connectivity index (χ0) is 15.4. The highest BCUT2D eigenvalue weighted by molar-refractivity contribution is 5.53. The van der Waals surface area contributed by atoms with Crippen LogP contribution >= 0.6 is 0 Å². The first kappa shape index (κ1) is 15.2. The van der Waals surface area contributed by atoms with Gasteiger partial charge < -0.3 is 4.90 Å². The van der Waals surface area contributed by atoms with Gasteiger partial charge in [0, 0.05) is 19.8 Å². The number of nitrogens with zero attached hydrogens (tertiary/aromatic N) is 3. The third kappa shape index (κ3) is 3.66. The van der Waals surface area contributed by atoms with E-state index in [-0.39, 0.29) is 5.82 Å². The minimum atomic E-state index is -0.319. The van der Waals surface area contributed by atoms with Gasteiger partial charge in [-0.2, -0.15) is 5.11 Å². The van der Waals surface area contributed by atoms with Crippen molar-refractivity contribution >= 4 is 17.1 Å². The fraction of sp³-hybridized carbons (Fsp3) is 0.294. The van der Waals surface area contributed by atoms with Crippen LogP contribution in [-0.2, 0) is 6.42 Å². The van der Waals surface area contributed by atoms with E-state index in [4.69, 9.17) is 0 Å². The SMILES string of the molecule is CCc1cc(C)c(N=Nc2ccc(N(C)C)cc2)c(F)c1. The summed E-state index contributed by atoms with van der Waals surface area (Å²) in [6.07, 6.45) is 0.807. The highest BCUT2D eigenvalue weighted by Crippen LogP contribution is 2.27. The molecule has 4 heteroatoms. The summed E-state index contributed by atoms with van der Waals surface area (Å²) in [6, 6.07) is 11.1. The lowest BCUT2D eigenvalue weighted by atomic mass is 10.1. The number of rotatable bonds is 4. The molecule has 0 bridgehead atoms. The number of hydrogen-bond acceptors (Lipinski definition) is 3. The zero-order valence-electron chi connectivity index (χ0n) is 12.9. The van der Waals surface area contributed by atoms with Crippen molar-refractivity contribution in [3.63, 3.8) is 0 Å². The van der Waals surface area contributed by atoms with Gasteiger partial charge >= 0.3 is 0 Å². The molecule has 0 radical (unpaired) electrons. The molecule has 0 unspecified atom stereocenters. The van der Waals surface area contributed by atoms with Gasteiger partial charge in [-0.05, 0) is 54.8 Å². The number of halogens is 1. The maximum absolute atomic E-state index is 14.0. The molecule has 2 rings (SSSR count). The molecule has 0 aromatic heterocycles. The summed E-state index contributed by atoms with van der Waals surface area (Å²) >= 11 is 0. The van der Waals surface area contributed by atoms with Crippen molar-refractivity contribution in [1.82, 2.24) is 0 Å². The van der Waals surface area contributed by atoms with Gasteiger partial charge in [-0.3, -0.25) is 0 Å². The molecule has 0 fully saturated rings. The summed E-state index contributed by atoms with van der Waals surface area (Å²) in [5.41, 5.74) is 3.88.